The second-order valence-corrected chi connectivity index (χ2v) is 18.1. The minimum atomic E-state index is -1.08. The second kappa shape index (κ2) is 34.0. The first-order chi connectivity index (χ1) is 28.7. The molecule has 2 saturated heterocycles. The van der Waals surface area contributed by atoms with E-state index in [9.17, 15) is 19.2 Å². The average molecular weight is 825 g/mol. The molecule has 0 bridgehead atoms. The number of amides is 2. The van der Waals surface area contributed by atoms with Crippen LogP contribution in [0.4, 0.5) is 0 Å². The normalized spacial score (nSPS) is 17.4. The third-order valence-electron chi connectivity index (χ3n) is 12.0. The van der Waals surface area contributed by atoms with Gasteiger partial charge in [0.05, 0.1) is 11.8 Å². The first kappa shape index (κ1) is 52.5. The predicted molar refractivity (Wildman–Crippen MR) is 243 cm³/mol. The molecule has 0 saturated carbocycles. The first-order valence-electron chi connectivity index (χ1n) is 24.6. The standard InChI is InChI=1S/C51H88N2O6/c1-5-7-9-11-13-15-17-19-21-23-25-27-29-31-33-35-37-52-41-45(39-47(52)54)49(56)58-43-51(3,4)44-59-50(57)46-40-48(55)53(42-46)38-36-34-32-30-28-26-24-22-20-18-16-14-12-10-8-6-2/h19-22,45-46H,3-18,23-44H2,1-2H3/b21-19-,22-20-. The molecule has 0 spiro atoms. The Kier molecular flexibility index (Phi) is 30.3. The molecule has 2 rings (SSSR count). The fourth-order valence-electron chi connectivity index (χ4n) is 8.12. The predicted octanol–water partition coefficient (Wildman–Crippen LogP) is 12.5. The molecule has 0 aromatic heterocycles. The Balaban J connectivity index is 1.47. The first-order valence-corrected chi connectivity index (χ1v) is 24.6. The third kappa shape index (κ3) is 26.3. The van der Waals surface area contributed by atoms with E-state index in [1.54, 1.807) is 9.80 Å². The third-order valence-corrected chi connectivity index (χ3v) is 12.0. The zero-order chi connectivity index (χ0) is 42.8. The minimum Gasteiger partial charge on any atom is -0.465 e. The van der Waals surface area contributed by atoms with Crippen LogP contribution in [0.1, 0.15) is 206 Å². The van der Waals surface area contributed by atoms with Crippen molar-refractivity contribution < 1.29 is 28.7 Å². The quantitative estimate of drug-likeness (QED) is 0.0350. The summed E-state index contributed by atoms with van der Waals surface area (Å²) in [6.45, 7) is 14.4. The molecule has 2 fully saturated rings. The smallest absolute Gasteiger partial charge is 0.311 e. The van der Waals surface area contributed by atoms with Crippen molar-refractivity contribution >= 4 is 23.8 Å². The molecule has 2 atom stereocenters. The number of carbonyl (C=O) groups is 4. The molecule has 8 heteroatoms. The van der Waals surface area contributed by atoms with Crippen LogP contribution in [0.5, 0.6) is 0 Å². The van der Waals surface area contributed by atoms with E-state index < -0.39 is 29.2 Å². The maximum Gasteiger partial charge on any atom is 0.311 e. The summed E-state index contributed by atoms with van der Waals surface area (Å²) in [5.74, 6) is -1.88. The van der Waals surface area contributed by atoms with E-state index in [2.05, 4.69) is 52.0 Å². The molecular weight excluding hydrogens is 737 g/mol. The molecule has 8 nitrogen and oxygen atoms in total. The van der Waals surface area contributed by atoms with Gasteiger partial charge in [-0.3, -0.25) is 19.2 Å². The van der Waals surface area contributed by atoms with E-state index in [4.69, 9.17) is 9.47 Å². The van der Waals surface area contributed by atoms with Crippen LogP contribution in [0.3, 0.4) is 0 Å². The Bertz CT molecular complexity index is 1090. The number of carbonyl (C=O) groups excluding carboxylic acids is 4. The summed E-state index contributed by atoms with van der Waals surface area (Å²) in [4.78, 5) is 54.5. The van der Waals surface area contributed by atoms with Crippen LogP contribution in [0, 0.1) is 31.1 Å². The molecule has 2 aliphatic rings. The van der Waals surface area contributed by atoms with Crippen LogP contribution in [-0.4, -0.2) is 72.9 Å². The van der Waals surface area contributed by atoms with Crippen LogP contribution in [0.15, 0.2) is 24.3 Å². The fourth-order valence-corrected chi connectivity index (χ4v) is 8.12. The summed E-state index contributed by atoms with van der Waals surface area (Å²) in [5.41, 5.74) is -1.08. The van der Waals surface area contributed by atoms with Gasteiger partial charge in [0.25, 0.3) is 0 Å². The molecule has 2 heterocycles. The van der Waals surface area contributed by atoms with Crippen molar-refractivity contribution in [3.8, 4) is 0 Å². The molecule has 0 N–H and O–H groups in total. The second-order valence-electron chi connectivity index (χ2n) is 18.1. The van der Waals surface area contributed by atoms with Gasteiger partial charge in [0.15, 0.2) is 0 Å². The van der Waals surface area contributed by atoms with Gasteiger partial charge < -0.3 is 19.3 Å². The molecule has 338 valence electrons. The average Bonchev–Trinajstić information content (AvgIpc) is 3.79. The van der Waals surface area contributed by atoms with Gasteiger partial charge in [-0.1, -0.05) is 154 Å². The number of nitrogens with zero attached hydrogens (tertiary/aromatic N) is 2. The SMILES string of the molecule is [CH2]C([CH2])(COC(=O)C1CC(=O)N(CCCCCCCC/C=C\CCCCCCCC)C1)COC(=O)C1CC(=O)N(CCCCCCCC/C=C\CCCCCCCC)C1. The summed E-state index contributed by atoms with van der Waals surface area (Å²) in [5, 5.41) is 0. The Morgan fingerprint density at radius 2 is 0.797 bits per heavy atom. The van der Waals surface area contributed by atoms with Gasteiger partial charge in [0, 0.05) is 44.4 Å². The summed E-state index contributed by atoms with van der Waals surface area (Å²) in [6.07, 6.45) is 44.5. The van der Waals surface area contributed by atoms with Crippen LogP contribution in [-0.2, 0) is 28.7 Å². The summed E-state index contributed by atoms with van der Waals surface area (Å²) in [6, 6.07) is 0. The highest BCUT2D eigenvalue weighted by atomic mass is 16.5. The Morgan fingerprint density at radius 3 is 1.12 bits per heavy atom. The molecule has 2 amide bonds. The van der Waals surface area contributed by atoms with Crippen molar-refractivity contribution in [2.45, 2.75) is 206 Å². The molecular formula is C51H88N2O6. The lowest BCUT2D eigenvalue weighted by atomic mass is 9.96. The summed E-state index contributed by atoms with van der Waals surface area (Å²) in [7, 11) is 0. The van der Waals surface area contributed by atoms with Crippen LogP contribution >= 0.6 is 0 Å². The molecule has 0 aromatic rings. The number of ether oxygens (including phenoxy) is 2. The Labute approximate surface area is 362 Å². The maximum atomic E-state index is 12.9. The van der Waals surface area contributed by atoms with Crippen molar-refractivity contribution in [1.82, 2.24) is 9.80 Å². The zero-order valence-electron chi connectivity index (χ0n) is 38.2. The lowest BCUT2D eigenvalue weighted by Crippen LogP contribution is -2.33. The molecule has 0 aromatic carbocycles. The van der Waals surface area contributed by atoms with Crippen molar-refractivity contribution in [2.24, 2.45) is 17.3 Å². The van der Waals surface area contributed by atoms with E-state index in [1.165, 1.54) is 154 Å². The van der Waals surface area contributed by atoms with Gasteiger partial charge in [0.1, 0.15) is 13.2 Å². The molecule has 0 aliphatic carbocycles. The van der Waals surface area contributed by atoms with Crippen LogP contribution < -0.4 is 0 Å². The van der Waals surface area contributed by atoms with Crippen molar-refractivity contribution in [2.75, 3.05) is 39.4 Å². The van der Waals surface area contributed by atoms with Crippen LogP contribution in [0.25, 0.3) is 0 Å². The molecule has 2 unspecified atom stereocenters. The van der Waals surface area contributed by atoms with E-state index in [0.717, 1.165) is 25.7 Å². The Hall–Kier alpha value is -2.64. The number of allylic oxidation sites excluding steroid dienone is 4. The lowest BCUT2D eigenvalue weighted by molar-refractivity contribution is -0.155. The lowest BCUT2D eigenvalue weighted by Gasteiger charge is -2.25. The van der Waals surface area contributed by atoms with Gasteiger partial charge in [-0.25, -0.2) is 0 Å². The molecule has 2 radical (unpaired) electrons. The monoisotopic (exact) mass is 825 g/mol. The number of esters is 2. The van der Waals surface area contributed by atoms with Crippen molar-refractivity contribution in [3.63, 3.8) is 0 Å². The number of hydrogen-bond acceptors (Lipinski definition) is 6. The van der Waals surface area contributed by atoms with Gasteiger partial charge in [0.2, 0.25) is 11.8 Å². The van der Waals surface area contributed by atoms with E-state index in [1.807, 2.05) is 0 Å². The van der Waals surface area contributed by atoms with Gasteiger partial charge in [-0.05, 0) is 78.1 Å². The van der Waals surface area contributed by atoms with Gasteiger partial charge in [-0.15, -0.1) is 0 Å². The fraction of sp³-hybridized carbons (Fsp3) is 0.804. The van der Waals surface area contributed by atoms with Crippen molar-refractivity contribution in [1.29, 1.82) is 0 Å². The highest BCUT2D eigenvalue weighted by molar-refractivity contribution is 5.87. The maximum absolute atomic E-state index is 12.9. The van der Waals surface area contributed by atoms with Gasteiger partial charge in [-0.2, -0.15) is 0 Å². The minimum absolute atomic E-state index is 0.00281. The van der Waals surface area contributed by atoms with E-state index in [0.29, 0.717) is 26.2 Å². The van der Waals surface area contributed by atoms with E-state index >= 15 is 0 Å². The highest BCUT2D eigenvalue weighted by Gasteiger charge is 2.38. The Morgan fingerprint density at radius 1 is 0.508 bits per heavy atom. The zero-order valence-corrected chi connectivity index (χ0v) is 38.2. The molecule has 2 aliphatic heterocycles. The van der Waals surface area contributed by atoms with Crippen molar-refractivity contribution in [3.05, 3.63) is 38.2 Å². The number of unbranched alkanes of at least 4 members (excludes halogenated alkanes) is 24. The highest BCUT2D eigenvalue weighted by Crippen LogP contribution is 2.25. The number of likely N-dealkylation sites (tertiary alicyclic amines) is 2. The van der Waals surface area contributed by atoms with E-state index in [-0.39, 0.29) is 37.9 Å². The largest absolute Gasteiger partial charge is 0.465 e. The molecule has 59 heavy (non-hydrogen) atoms. The summed E-state index contributed by atoms with van der Waals surface area (Å²) < 4.78 is 11.1. The number of rotatable bonds is 38. The number of hydrogen-bond donors (Lipinski definition) is 0. The summed E-state index contributed by atoms with van der Waals surface area (Å²) >= 11 is 0. The van der Waals surface area contributed by atoms with Gasteiger partial charge >= 0.3 is 11.9 Å². The topological polar surface area (TPSA) is 93.2 Å². The van der Waals surface area contributed by atoms with Crippen LogP contribution in [0.2, 0.25) is 0 Å².